The number of carbonyl (C=O) groups excluding carboxylic acids is 1. The zero-order valence-electron chi connectivity index (χ0n) is 9.12. The number of alkyl halides is 2. The lowest BCUT2D eigenvalue weighted by Crippen LogP contribution is -2.46. The number of rotatable bonds is 5. The maximum absolute atomic E-state index is 12.5. The maximum Gasteiger partial charge on any atom is 0.445 e. The first kappa shape index (κ1) is 12.8. The van der Waals surface area contributed by atoms with Gasteiger partial charge in [0.2, 0.25) is 5.92 Å². The van der Waals surface area contributed by atoms with Gasteiger partial charge in [0.25, 0.3) is 0 Å². The van der Waals surface area contributed by atoms with Crippen molar-refractivity contribution in [2.75, 3.05) is 6.54 Å². The van der Waals surface area contributed by atoms with Gasteiger partial charge in [-0.05, 0) is 13.3 Å². The van der Waals surface area contributed by atoms with Crippen molar-refractivity contribution in [3.8, 4) is 0 Å². The lowest BCUT2D eigenvalue weighted by atomic mass is 10.1. The highest BCUT2D eigenvalue weighted by atomic mass is 19.3. The molecule has 89 valence electrons. The van der Waals surface area contributed by atoms with Gasteiger partial charge >= 0.3 is 6.03 Å². The molecule has 0 fully saturated rings. The Hall–Kier alpha value is -1.30. The number of primary amides is 1. The van der Waals surface area contributed by atoms with E-state index in [0.717, 1.165) is 6.92 Å². The number of quaternary nitrogens is 1. The maximum atomic E-state index is 12.5. The Morgan fingerprint density at radius 1 is 1.56 bits per heavy atom. The number of urea groups is 1. The molecule has 1 aliphatic rings. The van der Waals surface area contributed by atoms with Gasteiger partial charge in [0.05, 0.1) is 12.3 Å². The smallest absolute Gasteiger partial charge is 0.316 e. The largest absolute Gasteiger partial charge is 0.445 e. The van der Waals surface area contributed by atoms with Crippen molar-refractivity contribution in [1.82, 2.24) is 0 Å². The van der Waals surface area contributed by atoms with E-state index in [-0.39, 0.29) is 11.0 Å². The molecule has 0 aliphatic carbocycles. The summed E-state index contributed by atoms with van der Waals surface area (Å²) in [6.07, 6.45) is 6.06. The number of hydrogen-bond acceptors (Lipinski definition) is 2. The standard InChI is InChI=1S/C10H14F2N3O/c1-10(11,12)5-2-3-7-15(9(13)16)8-4-6-14-15/h6,8H,2-3,5,7H2,1H3,(H-,13,16)/p+1. The molecular formula is C10H15F2N3O+. The van der Waals surface area contributed by atoms with Crippen molar-refractivity contribution in [2.45, 2.75) is 32.1 Å². The summed E-state index contributed by atoms with van der Waals surface area (Å²) in [7, 11) is 0. The van der Waals surface area contributed by atoms with E-state index in [4.69, 9.17) is 5.73 Å². The molecule has 0 spiro atoms. The van der Waals surface area contributed by atoms with E-state index in [0.29, 0.717) is 19.4 Å². The van der Waals surface area contributed by atoms with Crippen LogP contribution in [0.25, 0.3) is 0 Å². The van der Waals surface area contributed by atoms with Crippen molar-refractivity contribution in [3.63, 3.8) is 0 Å². The molecule has 0 saturated heterocycles. The minimum Gasteiger partial charge on any atom is -0.316 e. The third kappa shape index (κ3) is 3.37. The van der Waals surface area contributed by atoms with Crippen LogP contribution >= 0.6 is 0 Å². The number of unbranched alkanes of at least 4 members (excludes halogenated alkanes) is 1. The average molecular weight is 231 g/mol. The highest BCUT2D eigenvalue weighted by molar-refractivity contribution is 5.72. The van der Waals surface area contributed by atoms with Crippen molar-refractivity contribution in [2.24, 2.45) is 10.8 Å². The molecule has 1 radical (unpaired) electrons. The molecular weight excluding hydrogens is 216 g/mol. The van der Waals surface area contributed by atoms with Crippen LogP contribution in [0.4, 0.5) is 13.6 Å². The van der Waals surface area contributed by atoms with Crippen LogP contribution in [0.3, 0.4) is 0 Å². The minimum atomic E-state index is -2.66. The predicted octanol–water partition coefficient (Wildman–Crippen LogP) is 2.02. The molecule has 1 atom stereocenters. The lowest BCUT2D eigenvalue weighted by Gasteiger charge is -2.20. The van der Waals surface area contributed by atoms with Gasteiger partial charge in [-0.2, -0.15) is 0 Å². The second-order valence-corrected chi connectivity index (χ2v) is 3.96. The second-order valence-electron chi connectivity index (χ2n) is 3.96. The summed E-state index contributed by atoms with van der Waals surface area (Å²) in [6.45, 7) is 1.18. The Labute approximate surface area is 93.0 Å². The van der Waals surface area contributed by atoms with E-state index < -0.39 is 12.0 Å². The first-order valence-electron chi connectivity index (χ1n) is 5.06. The van der Waals surface area contributed by atoms with Gasteiger partial charge in [-0.1, -0.05) is 9.69 Å². The molecule has 6 heteroatoms. The Morgan fingerprint density at radius 3 is 2.69 bits per heavy atom. The normalized spacial score (nSPS) is 23.9. The Bertz CT molecular complexity index is 309. The zero-order valence-corrected chi connectivity index (χ0v) is 9.12. The molecule has 1 unspecified atom stereocenters. The first-order valence-corrected chi connectivity index (χ1v) is 5.06. The number of amides is 2. The van der Waals surface area contributed by atoms with Gasteiger partial charge in [0, 0.05) is 12.8 Å². The van der Waals surface area contributed by atoms with Crippen molar-refractivity contribution < 1.29 is 18.2 Å². The SMILES string of the molecule is CC(F)(F)CCCC[N+]1(C(N)=O)C=[C]C=N1. The van der Waals surface area contributed by atoms with E-state index in [2.05, 4.69) is 11.2 Å². The van der Waals surface area contributed by atoms with Crippen LogP contribution in [0.1, 0.15) is 26.2 Å². The third-order valence-electron chi connectivity index (χ3n) is 2.37. The number of carbonyl (C=O) groups is 1. The summed E-state index contributed by atoms with van der Waals surface area (Å²) in [4.78, 5) is 11.2. The molecule has 0 aromatic heterocycles. The predicted molar refractivity (Wildman–Crippen MR) is 55.5 cm³/mol. The van der Waals surface area contributed by atoms with Gasteiger partial charge in [-0.25, -0.2) is 13.6 Å². The minimum absolute atomic E-state index is 0.192. The number of halogens is 2. The number of hydrogen-bond donors (Lipinski definition) is 1. The molecule has 1 aliphatic heterocycles. The number of allylic oxidation sites excluding steroid dienone is 1. The second kappa shape index (κ2) is 4.69. The molecule has 0 bridgehead atoms. The molecule has 2 amide bonds. The summed E-state index contributed by atoms with van der Waals surface area (Å²) >= 11 is 0. The summed E-state index contributed by atoms with van der Waals surface area (Å²) < 4.78 is 24.7. The van der Waals surface area contributed by atoms with E-state index in [9.17, 15) is 13.6 Å². The molecule has 2 N–H and O–H groups in total. The van der Waals surface area contributed by atoms with Gasteiger partial charge < -0.3 is 5.73 Å². The number of nitrogens with zero attached hydrogens (tertiary/aromatic N) is 2. The molecule has 16 heavy (non-hydrogen) atoms. The Balaban J connectivity index is 2.39. The van der Waals surface area contributed by atoms with Crippen molar-refractivity contribution >= 4 is 12.2 Å². The van der Waals surface area contributed by atoms with Crippen LogP contribution in [0.5, 0.6) is 0 Å². The molecule has 0 aromatic carbocycles. The Kier molecular flexibility index (Phi) is 3.74. The monoisotopic (exact) mass is 231 g/mol. The molecule has 4 nitrogen and oxygen atoms in total. The number of nitrogens with two attached hydrogens (primary N) is 1. The van der Waals surface area contributed by atoms with Crippen LogP contribution in [-0.2, 0) is 0 Å². The van der Waals surface area contributed by atoms with E-state index in [1.54, 1.807) is 0 Å². The molecule has 1 rings (SSSR count). The highest BCUT2D eigenvalue weighted by Gasteiger charge is 2.34. The first-order chi connectivity index (χ1) is 7.36. The third-order valence-corrected chi connectivity index (χ3v) is 2.37. The molecule has 0 saturated carbocycles. The van der Waals surface area contributed by atoms with E-state index in [1.807, 2.05) is 0 Å². The summed E-state index contributed by atoms with van der Waals surface area (Å²) in [6, 6.07) is -0.621. The van der Waals surface area contributed by atoms with E-state index in [1.165, 1.54) is 12.4 Å². The lowest BCUT2D eigenvalue weighted by molar-refractivity contribution is -0.801. The fourth-order valence-corrected chi connectivity index (χ4v) is 1.47. The Morgan fingerprint density at radius 2 is 2.25 bits per heavy atom. The summed E-state index contributed by atoms with van der Waals surface area (Å²) in [5.41, 5.74) is 5.20. The van der Waals surface area contributed by atoms with Crippen LogP contribution in [0.15, 0.2) is 11.3 Å². The van der Waals surface area contributed by atoms with Gasteiger partial charge in [0.15, 0.2) is 0 Å². The van der Waals surface area contributed by atoms with Crippen molar-refractivity contribution in [3.05, 3.63) is 12.3 Å². The van der Waals surface area contributed by atoms with Gasteiger partial charge in [-0.3, -0.25) is 0 Å². The molecule has 1 heterocycles. The zero-order chi connectivity index (χ0) is 12.2. The van der Waals surface area contributed by atoms with Crippen LogP contribution in [0.2, 0.25) is 0 Å². The average Bonchev–Trinajstić information content (AvgIpc) is 2.60. The highest BCUT2D eigenvalue weighted by Crippen LogP contribution is 2.21. The van der Waals surface area contributed by atoms with Crippen LogP contribution in [-0.4, -0.2) is 29.3 Å². The van der Waals surface area contributed by atoms with Crippen molar-refractivity contribution in [1.29, 1.82) is 0 Å². The quantitative estimate of drug-likeness (QED) is 0.571. The molecule has 0 aromatic rings. The van der Waals surface area contributed by atoms with Crippen LogP contribution in [0, 0.1) is 6.08 Å². The van der Waals surface area contributed by atoms with Gasteiger partial charge in [0.1, 0.15) is 12.7 Å². The topological polar surface area (TPSA) is 55.5 Å². The van der Waals surface area contributed by atoms with E-state index >= 15 is 0 Å². The fourth-order valence-electron chi connectivity index (χ4n) is 1.47. The summed E-state index contributed by atoms with van der Waals surface area (Å²) in [5.74, 6) is -2.66. The van der Waals surface area contributed by atoms with Gasteiger partial charge in [-0.15, -0.1) is 0 Å². The fraction of sp³-hybridized carbons (Fsp3) is 0.600. The van der Waals surface area contributed by atoms with Crippen LogP contribution < -0.4 is 5.73 Å². The summed E-state index contributed by atoms with van der Waals surface area (Å²) in [5, 5.41) is 3.88.